The maximum atomic E-state index is 10.6. The van der Waals surface area contributed by atoms with Crippen LogP contribution < -0.4 is 5.32 Å². The molecule has 2 aromatic heterocycles. The Balaban J connectivity index is 1.39. The smallest absolute Gasteiger partial charge is 0.151 e. The van der Waals surface area contributed by atoms with Crippen LogP contribution in [-0.4, -0.2) is 35.9 Å². The Morgan fingerprint density at radius 1 is 1.24 bits per heavy atom. The summed E-state index contributed by atoms with van der Waals surface area (Å²) in [6, 6.07) is 5.54. The van der Waals surface area contributed by atoms with Crippen molar-refractivity contribution in [2.75, 3.05) is 0 Å². The fourth-order valence-electron chi connectivity index (χ4n) is 5.03. The van der Waals surface area contributed by atoms with Crippen molar-refractivity contribution in [1.82, 2.24) is 25.1 Å². The van der Waals surface area contributed by atoms with Gasteiger partial charge in [-0.2, -0.15) is 0 Å². The molecule has 0 spiro atoms. The van der Waals surface area contributed by atoms with Crippen LogP contribution in [0.15, 0.2) is 43.5 Å². The van der Waals surface area contributed by atoms with Crippen molar-refractivity contribution < 1.29 is 5.11 Å². The van der Waals surface area contributed by atoms with Crippen LogP contribution in [-0.2, 0) is 0 Å². The van der Waals surface area contributed by atoms with Gasteiger partial charge in [-0.05, 0) is 63.2 Å². The molecule has 0 saturated carbocycles. The molecule has 0 radical (unpaired) electrons. The van der Waals surface area contributed by atoms with Gasteiger partial charge in [0.25, 0.3) is 0 Å². The second-order valence-corrected chi connectivity index (χ2v) is 9.94. The summed E-state index contributed by atoms with van der Waals surface area (Å²) in [5.41, 5.74) is 2.99. The van der Waals surface area contributed by atoms with Crippen LogP contribution in [0.2, 0.25) is 0 Å². The summed E-state index contributed by atoms with van der Waals surface area (Å²) in [6.45, 7) is 9.04. The average molecular weight is 408 g/mol. The predicted molar refractivity (Wildman–Crippen MR) is 115 cm³/mol. The van der Waals surface area contributed by atoms with Gasteiger partial charge in [-0.3, -0.25) is 0 Å². The first-order chi connectivity index (χ1) is 13.8. The van der Waals surface area contributed by atoms with Gasteiger partial charge in [0.05, 0.1) is 17.6 Å². The minimum atomic E-state index is 0.185. The standard InChI is InChI=1S/C22H25N5OS/c1-14(15-11-21(2)6-7-22(3,12-15)26-21)19-24-25-20(29-19)17-5-4-16(10-18(17)28)27-9-8-23-13-27/h4-5,8-10,13,15,26,28H,1,6-7,11-12H2,2-3H3/t15-,21-,22+. The average Bonchev–Trinajstić information content (AvgIpc) is 3.41. The number of hydrogen-bond donors (Lipinski definition) is 2. The monoisotopic (exact) mass is 407 g/mol. The Hall–Kier alpha value is -2.51. The van der Waals surface area contributed by atoms with Crippen molar-refractivity contribution in [2.24, 2.45) is 5.92 Å². The number of allylic oxidation sites excluding steroid dienone is 1. The van der Waals surface area contributed by atoms with Crippen LogP contribution in [0.5, 0.6) is 5.75 Å². The van der Waals surface area contributed by atoms with Gasteiger partial charge in [0, 0.05) is 29.5 Å². The summed E-state index contributed by atoms with van der Waals surface area (Å²) >= 11 is 1.50. The Labute approximate surface area is 174 Å². The first-order valence-corrected chi connectivity index (χ1v) is 10.8. The quantitative estimate of drug-likeness (QED) is 0.670. The lowest BCUT2D eigenvalue weighted by atomic mass is 9.77. The summed E-state index contributed by atoms with van der Waals surface area (Å²) in [5, 5.41) is 24.7. The molecule has 0 amide bonds. The largest absolute Gasteiger partial charge is 0.507 e. The van der Waals surface area contributed by atoms with Gasteiger partial charge in [0.2, 0.25) is 0 Å². The Morgan fingerprint density at radius 2 is 2.00 bits per heavy atom. The third-order valence-electron chi connectivity index (χ3n) is 6.43. The van der Waals surface area contributed by atoms with Gasteiger partial charge >= 0.3 is 0 Å². The molecule has 3 atom stereocenters. The number of aromatic nitrogens is 4. The molecule has 6 nitrogen and oxygen atoms in total. The SMILES string of the molecule is C=C(c1nnc(-c2ccc(-n3ccnc3)cc2O)s1)[C@H]1C[C@]2(C)CC[C@](C)(C1)N2. The van der Waals surface area contributed by atoms with Gasteiger partial charge < -0.3 is 15.0 Å². The lowest BCUT2D eigenvalue weighted by Crippen LogP contribution is -2.53. The first-order valence-electron chi connectivity index (χ1n) is 9.98. The van der Waals surface area contributed by atoms with Crippen molar-refractivity contribution in [3.05, 3.63) is 48.5 Å². The number of imidazole rings is 1. The zero-order valence-corrected chi connectivity index (χ0v) is 17.5. The number of fused-ring (bicyclic) bond motifs is 2. The third-order valence-corrected chi connectivity index (χ3v) is 7.46. The second kappa shape index (κ2) is 6.50. The van der Waals surface area contributed by atoms with Crippen LogP contribution in [0, 0.1) is 5.92 Å². The maximum Gasteiger partial charge on any atom is 0.151 e. The van der Waals surface area contributed by atoms with Gasteiger partial charge in [0.15, 0.2) is 5.01 Å². The molecule has 2 fully saturated rings. The lowest BCUT2D eigenvalue weighted by molar-refractivity contribution is 0.201. The zero-order valence-electron chi connectivity index (χ0n) is 16.7. The number of hydrogen-bond acceptors (Lipinski definition) is 6. The molecule has 2 saturated heterocycles. The molecular weight excluding hydrogens is 382 g/mol. The van der Waals surface area contributed by atoms with Gasteiger partial charge in [0.1, 0.15) is 10.8 Å². The van der Waals surface area contributed by atoms with Gasteiger partial charge in [-0.25, -0.2) is 4.98 Å². The summed E-state index contributed by atoms with van der Waals surface area (Å²) in [4.78, 5) is 4.05. The van der Waals surface area contributed by atoms with E-state index in [1.54, 1.807) is 18.6 Å². The molecule has 2 aliphatic rings. The van der Waals surface area contributed by atoms with Crippen molar-refractivity contribution >= 4 is 16.9 Å². The van der Waals surface area contributed by atoms with Crippen molar-refractivity contribution in [2.45, 2.75) is 50.6 Å². The molecular formula is C22H25N5OS. The normalized spacial score (nSPS) is 28.6. The van der Waals surface area contributed by atoms with E-state index >= 15 is 0 Å². The molecule has 0 unspecified atom stereocenters. The molecule has 0 aliphatic carbocycles. The Kier molecular flexibility index (Phi) is 4.15. The molecule has 150 valence electrons. The highest BCUT2D eigenvalue weighted by atomic mass is 32.1. The minimum Gasteiger partial charge on any atom is -0.507 e. The molecule has 4 heterocycles. The highest BCUT2D eigenvalue weighted by Crippen LogP contribution is 2.48. The Morgan fingerprint density at radius 3 is 2.66 bits per heavy atom. The number of rotatable bonds is 4. The summed E-state index contributed by atoms with van der Waals surface area (Å²) < 4.78 is 1.85. The maximum absolute atomic E-state index is 10.6. The fourth-order valence-corrected chi connectivity index (χ4v) is 5.95. The van der Waals surface area contributed by atoms with Crippen LogP contribution >= 0.6 is 11.3 Å². The van der Waals surface area contributed by atoms with E-state index in [9.17, 15) is 5.11 Å². The molecule has 2 bridgehead atoms. The molecule has 5 rings (SSSR count). The van der Waals surface area contributed by atoms with Crippen LogP contribution in [0.1, 0.15) is 44.5 Å². The number of phenolic OH excluding ortho intramolecular Hbond substituents is 1. The number of nitrogens with one attached hydrogen (secondary N) is 1. The predicted octanol–water partition coefficient (Wildman–Crippen LogP) is 4.42. The second-order valence-electron chi connectivity index (χ2n) is 8.96. The van der Waals surface area contributed by atoms with E-state index < -0.39 is 0 Å². The van der Waals surface area contributed by atoms with E-state index in [0.717, 1.165) is 29.1 Å². The number of nitrogens with zero attached hydrogens (tertiary/aromatic N) is 4. The van der Waals surface area contributed by atoms with Gasteiger partial charge in [-0.1, -0.05) is 17.9 Å². The zero-order chi connectivity index (χ0) is 20.2. The van der Waals surface area contributed by atoms with Crippen molar-refractivity contribution in [1.29, 1.82) is 0 Å². The van der Waals surface area contributed by atoms with E-state index in [1.165, 1.54) is 24.2 Å². The summed E-state index contributed by atoms with van der Waals surface area (Å²) in [7, 11) is 0. The molecule has 2 aliphatic heterocycles. The molecule has 3 aromatic rings. The van der Waals surface area contributed by atoms with Crippen LogP contribution in [0.3, 0.4) is 0 Å². The number of aromatic hydroxyl groups is 1. The summed E-state index contributed by atoms with van der Waals surface area (Å²) in [6.07, 6.45) is 9.85. The topological polar surface area (TPSA) is 75.9 Å². The number of benzene rings is 1. The fraction of sp³-hybridized carbons (Fsp3) is 0.409. The highest BCUT2D eigenvalue weighted by Gasteiger charge is 2.49. The summed E-state index contributed by atoms with van der Waals surface area (Å²) in [5.74, 6) is 0.594. The third kappa shape index (κ3) is 3.28. The van der Waals surface area contributed by atoms with E-state index in [-0.39, 0.29) is 16.8 Å². The van der Waals surface area contributed by atoms with Crippen molar-refractivity contribution in [3.63, 3.8) is 0 Å². The molecule has 1 aromatic carbocycles. The van der Waals surface area contributed by atoms with Crippen LogP contribution in [0.4, 0.5) is 0 Å². The molecule has 7 heteroatoms. The van der Waals surface area contributed by atoms with E-state index in [1.807, 2.05) is 22.9 Å². The van der Waals surface area contributed by atoms with Crippen LogP contribution in [0.25, 0.3) is 21.8 Å². The lowest BCUT2D eigenvalue weighted by Gasteiger charge is -2.42. The van der Waals surface area contributed by atoms with Gasteiger partial charge in [-0.15, -0.1) is 10.2 Å². The Bertz CT molecular complexity index is 1060. The minimum absolute atomic E-state index is 0.185. The molecule has 29 heavy (non-hydrogen) atoms. The number of phenols is 1. The van der Waals surface area contributed by atoms with E-state index in [4.69, 9.17) is 0 Å². The highest BCUT2D eigenvalue weighted by molar-refractivity contribution is 7.15. The first kappa shape index (κ1) is 18.5. The van der Waals surface area contributed by atoms with Crippen molar-refractivity contribution in [3.8, 4) is 22.0 Å². The van der Waals surface area contributed by atoms with E-state index in [0.29, 0.717) is 16.5 Å². The number of piperidine rings is 1. The van der Waals surface area contributed by atoms with E-state index in [2.05, 4.69) is 40.9 Å². The molecule has 2 N–H and O–H groups in total.